The third-order valence-electron chi connectivity index (χ3n) is 4.62. The molecule has 0 spiro atoms. The molecule has 27 heavy (non-hydrogen) atoms. The first-order valence-electron chi connectivity index (χ1n) is 8.71. The number of nitrogens with one attached hydrogen (secondary N) is 1. The number of aliphatic hydroxyl groups excluding tert-OH is 1. The molecule has 140 valence electrons. The number of halogens is 1. The summed E-state index contributed by atoms with van der Waals surface area (Å²) in [6, 6.07) is 15.0. The average molecular weight is 463 g/mol. The van der Waals surface area contributed by atoms with Gasteiger partial charge in [0.1, 0.15) is 0 Å². The van der Waals surface area contributed by atoms with E-state index in [0.29, 0.717) is 14.4 Å². The van der Waals surface area contributed by atoms with E-state index in [1.807, 2.05) is 17.8 Å². The molecule has 0 amide bonds. The fraction of sp³-hybridized carbons (Fsp3) is 0.263. The Morgan fingerprint density at radius 3 is 2.85 bits per heavy atom. The summed E-state index contributed by atoms with van der Waals surface area (Å²) < 4.78 is 3.48. The molecule has 2 aliphatic rings. The number of nitrogens with zero attached hydrogens (tertiary/aromatic N) is 3. The summed E-state index contributed by atoms with van der Waals surface area (Å²) in [4.78, 5) is 0. The molecule has 0 aliphatic carbocycles. The highest BCUT2D eigenvalue weighted by Gasteiger charge is 2.27. The second-order valence-corrected chi connectivity index (χ2v) is 9.46. The van der Waals surface area contributed by atoms with Crippen LogP contribution in [0.2, 0.25) is 0 Å². The van der Waals surface area contributed by atoms with Gasteiger partial charge in [-0.15, -0.1) is 10.2 Å². The predicted molar refractivity (Wildman–Crippen MR) is 117 cm³/mol. The maximum absolute atomic E-state index is 7.00. The lowest BCUT2D eigenvalue weighted by Crippen LogP contribution is -2.07. The standard InChI is InChI=1S/C18H16BrN4PS.CH4O/c19-14-9-13(8-12-6-7-20-16(12)14)15-10-25-18-22-21-17(23(18)24-15)11-4-2-1-3-5-11;1-2/h1-5,8-9,15,20,24H,6-7,10H2;2H,1H3. The minimum absolute atomic E-state index is 0.498. The average Bonchev–Trinajstić information content (AvgIpc) is 3.37. The smallest absolute Gasteiger partial charge is 0.194 e. The first-order valence-corrected chi connectivity index (χ1v) is 11.5. The molecule has 2 N–H and O–H groups in total. The first-order chi connectivity index (χ1) is 13.3. The molecule has 2 atom stereocenters. The van der Waals surface area contributed by atoms with Gasteiger partial charge in [0, 0.05) is 35.1 Å². The van der Waals surface area contributed by atoms with Crippen LogP contribution in [0.4, 0.5) is 5.69 Å². The van der Waals surface area contributed by atoms with E-state index >= 15 is 0 Å². The molecule has 5 nitrogen and oxygen atoms in total. The number of aliphatic hydroxyl groups is 1. The lowest BCUT2D eigenvalue weighted by Gasteiger charge is -2.24. The van der Waals surface area contributed by atoms with Crippen molar-refractivity contribution in [2.45, 2.75) is 17.2 Å². The molecule has 8 heteroatoms. The highest BCUT2D eigenvalue weighted by atomic mass is 79.9. The number of rotatable bonds is 2. The monoisotopic (exact) mass is 462 g/mol. The van der Waals surface area contributed by atoms with Gasteiger partial charge in [0.05, 0.1) is 5.69 Å². The lowest BCUT2D eigenvalue weighted by atomic mass is 10.1. The first kappa shape index (κ1) is 18.9. The van der Waals surface area contributed by atoms with E-state index in [1.165, 1.54) is 21.3 Å². The van der Waals surface area contributed by atoms with E-state index in [2.05, 4.69) is 72.2 Å². The zero-order valence-electron chi connectivity index (χ0n) is 14.8. The maximum atomic E-state index is 7.00. The van der Waals surface area contributed by atoms with Gasteiger partial charge >= 0.3 is 0 Å². The summed E-state index contributed by atoms with van der Waals surface area (Å²) >= 11 is 5.55. The molecule has 2 aliphatic heterocycles. The number of hydrogen-bond donors (Lipinski definition) is 2. The highest BCUT2D eigenvalue weighted by Crippen LogP contribution is 2.49. The molecule has 2 aromatic carbocycles. The molecule has 3 heterocycles. The minimum atomic E-state index is 0.498. The number of anilines is 1. The van der Waals surface area contributed by atoms with Gasteiger partial charge in [-0.1, -0.05) is 48.2 Å². The van der Waals surface area contributed by atoms with Gasteiger partial charge in [0.15, 0.2) is 11.0 Å². The van der Waals surface area contributed by atoms with Gasteiger partial charge in [-0.3, -0.25) is 4.34 Å². The SMILES string of the molecule is Brc1cc(C2CSc3nnc(-c4ccccc4)n3P2)cc2c1NCC2.CO. The van der Waals surface area contributed by atoms with Crippen LogP contribution in [0.3, 0.4) is 0 Å². The van der Waals surface area contributed by atoms with E-state index in [9.17, 15) is 0 Å². The maximum Gasteiger partial charge on any atom is 0.194 e. The fourth-order valence-electron chi connectivity index (χ4n) is 3.38. The Hall–Kier alpha value is -1.40. The molecule has 5 rings (SSSR count). The Labute approximate surface area is 172 Å². The Balaban J connectivity index is 0.000000872. The van der Waals surface area contributed by atoms with Crippen molar-refractivity contribution in [3.05, 3.63) is 58.1 Å². The fourth-order valence-corrected chi connectivity index (χ4v) is 6.84. The van der Waals surface area contributed by atoms with E-state index in [-0.39, 0.29) is 0 Å². The zero-order chi connectivity index (χ0) is 18.8. The Kier molecular flexibility index (Phi) is 5.83. The molecule has 3 aromatic rings. The predicted octanol–water partition coefficient (Wildman–Crippen LogP) is 4.57. The van der Waals surface area contributed by atoms with Crippen molar-refractivity contribution in [3.8, 4) is 11.4 Å². The van der Waals surface area contributed by atoms with Crippen LogP contribution in [0.5, 0.6) is 0 Å². The van der Waals surface area contributed by atoms with Crippen LogP contribution >= 0.6 is 36.4 Å². The van der Waals surface area contributed by atoms with Crippen LogP contribution < -0.4 is 5.32 Å². The van der Waals surface area contributed by atoms with E-state index in [0.717, 1.165) is 42.4 Å². The van der Waals surface area contributed by atoms with Crippen LogP contribution in [0.1, 0.15) is 16.8 Å². The number of aromatic nitrogens is 3. The van der Waals surface area contributed by atoms with Crippen molar-refractivity contribution in [3.63, 3.8) is 0 Å². The number of fused-ring (bicyclic) bond motifs is 2. The minimum Gasteiger partial charge on any atom is -0.400 e. The van der Waals surface area contributed by atoms with Gasteiger partial charge in [-0.25, -0.2) is 0 Å². The third-order valence-corrected chi connectivity index (χ3v) is 8.26. The summed E-state index contributed by atoms with van der Waals surface area (Å²) in [5, 5.41) is 20.4. The summed E-state index contributed by atoms with van der Waals surface area (Å²) in [6.07, 6.45) is 1.11. The van der Waals surface area contributed by atoms with Crippen molar-refractivity contribution in [2.24, 2.45) is 0 Å². The van der Waals surface area contributed by atoms with Crippen LogP contribution in [-0.2, 0) is 6.42 Å². The quantitative estimate of drug-likeness (QED) is 0.546. The largest absolute Gasteiger partial charge is 0.400 e. The molecule has 0 saturated heterocycles. The third kappa shape index (κ3) is 3.66. The van der Waals surface area contributed by atoms with Gasteiger partial charge < -0.3 is 10.4 Å². The highest BCUT2D eigenvalue weighted by molar-refractivity contribution is 9.10. The van der Waals surface area contributed by atoms with E-state index in [4.69, 9.17) is 5.11 Å². The topological polar surface area (TPSA) is 63.0 Å². The molecule has 1 aromatic heterocycles. The van der Waals surface area contributed by atoms with Crippen molar-refractivity contribution in [1.82, 2.24) is 14.5 Å². The molecular weight excluding hydrogens is 443 g/mol. The van der Waals surface area contributed by atoms with Crippen molar-refractivity contribution in [1.29, 1.82) is 0 Å². The second-order valence-electron chi connectivity index (χ2n) is 6.21. The number of thioether (sulfide) groups is 1. The molecular formula is C19H20BrN4OPS. The summed E-state index contributed by atoms with van der Waals surface area (Å²) in [5.41, 5.74) is 5.74. The molecule has 0 bridgehead atoms. The number of hydrogen-bond acceptors (Lipinski definition) is 5. The van der Waals surface area contributed by atoms with Gasteiger partial charge in [-0.2, -0.15) is 0 Å². The zero-order valence-corrected chi connectivity index (χ0v) is 18.2. The lowest BCUT2D eigenvalue weighted by molar-refractivity contribution is 0.399. The normalized spacial score (nSPS) is 18.3. The Morgan fingerprint density at radius 2 is 2.04 bits per heavy atom. The van der Waals surface area contributed by atoms with Crippen molar-refractivity contribution >= 4 is 42.1 Å². The second kappa shape index (κ2) is 8.31. The molecule has 2 unspecified atom stereocenters. The molecule has 0 fully saturated rings. The van der Waals surface area contributed by atoms with Gasteiger partial charge in [0.25, 0.3) is 0 Å². The number of benzene rings is 2. The summed E-state index contributed by atoms with van der Waals surface area (Å²) in [7, 11) is 1.63. The van der Waals surface area contributed by atoms with Crippen LogP contribution in [0.25, 0.3) is 11.4 Å². The van der Waals surface area contributed by atoms with Crippen molar-refractivity contribution < 1.29 is 5.11 Å². The Bertz CT molecular complexity index is 950. The molecule has 0 saturated carbocycles. The van der Waals surface area contributed by atoms with Crippen LogP contribution in [-0.4, -0.2) is 39.0 Å². The summed E-state index contributed by atoms with van der Waals surface area (Å²) in [5.74, 6) is 2.04. The van der Waals surface area contributed by atoms with Crippen molar-refractivity contribution in [2.75, 3.05) is 24.7 Å². The van der Waals surface area contributed by atoms with E-state index < -0.39 is 0 Å². The molecule has 0 radical (unpaired) electrons. The Morgan fingerprint density at radius 1 is 1.22 bits per heavy atom. The van der Waals surface area contributed by atoms with Gasteiger partial charge in [0.2, 0.25) is 0 Å². The van der Waals surface area contributed by atoms with Crippen LogP contribution in [0.15, 0.2) is 52.1 Å². The summed E-state index contributed by atoms with van der Waals surface area (Å²) in [6.45, 7) is 1.03. The van der Waals surface area contributed by atoms with Crippen LogP contribution in [0, 0.1) is 0 Å². The van der Waals surface area contributed by atoms with Gasteiger partial charge in [-0.05, 0) is 48.3 Å². The van der Waals surface area contributed by atoms with E-state index in [1.54, 1.807) is 0 Å².